The maximum Gasteiger partial charge on any atom is 0.124 e. The topological polar surface area (TPSA) is 51.2 Å². The summed E-state index contributed by atoms with van der Waals surface area (Å²) in [5.74, 6) is 6.13. The molecule has 0 fully saturated rings. The van der Waals surface area contributed by atoms with Crippen LogP contribution in [0.2, 0.25) is 0 Å². The van der Waals surface area contributed by atoms with Gasteiger partial charge in [-0.25, -0.2) is 0 Å². The number of hydrazine groups is 1. The van der Waals surface area contributed by atoms with E-state index in [4.69, 9.17) is 10.3 Å². The van der Waals surface area contributed by atoms with E-state index in [0.717, 1.165) is 11.3 Å². The molecule has 0 aliphatic heterocycles. The Bertz CT molecular complexity index is 207. The lowest BCUT2D eigenvalue weighted by Crippen LogP contribution is -2.25. The fourth-order valence-electron chi connectivity index (χ4n) is 0.904. The van der Waals surface area contributed by atoms with Gasteiger partial charge in [-0.15, -0.1) is 0 Å². The number of nitrogens with two attached hydrogens (primary N) is 1. The quantitative estimate of drug-likeness (QED) is 0.478. The van der Waals surface area contributed by atoms with E-state index in [1.807, 2.05) is 19.9 Å². The lowest BCUT2D eigenvalue weighted by molar-refractivity contribution is 0.434. The fraction of sp³-hybridized carbons (Fsp3) is 0.429. The minimum Gasteiger partial charge on any atom is -0.467 e. The Hall–Kier alpha value is -0.800. The monoisotopic (exact) mass is 140 g/mol. The van der Waals surface area contributed by atoms with Gasteiger partial charge in [0.2, 0.25) is 0 Å². The summed E-state index contributed by atoms with van der Waals surface area (Å²) in [6.45, 7) is 3.94. The van der Waals surface area contributed by atoms with Crippen LogP contribution in [-0.2, 0) is 0 Å². The van der Waals surface area contributed by atoms with Crippen molar-refractivity contribution in [3.8, 4) is 0 Å². The van der Waals surface area contributed by atoms with Crippen molar-refractivity contribution in [1.29, 1.82) is 0 Å². The van der Waals surface area contributed by atoms with Gasteiger partial charge in [0.05, 0.1) is 12.3 Å². The normalized spacial score (nSPS) is 13.5. The van der Waals surface area contributed by atoms with E-state index < -0.39 is 0 Å². The van der Waals surface area contributed by atoms with Crippen molar-refractivity contribution in [2.75, 3.05) is 0 Å². The molecule has 1 aromatic heterocycles. The van der Waals surface area contributed by atoms with Gasteiger partial charge in [0.15, 0.2) is 0 Å². The third-order valence-electron chi connectivity index (χ3n) is 1.54. The Morgan fingerprint density at radius 1 is 1.70 bits per heavy atom. The van der Waals surface area contributed by atoms with Crippen LogP contribution in [0.1, 0.15) is 24.3 Å². The molecule has 0 spiro atoms. The molecule has 3 N–H and O–H groups in total. The Kier molecular flexibility index (Phi) is 2.09. The van der Waals surface area contributed by atoms with Gasteiger partial charge in [-0.1, -0.05) is 0 Å². The van der Waals surface area contributed by atoms with Gasteiger partial charge in [0, 0.05) is 0 Å². The van der Waals surface area contributed by atoms with E-state index in [2.05, 4.69) is 5.43 Å². The number of hydrogen-bond donors (Lipinski definition) is 2. The first-order valence-electron chi connectivity index (χ1n) is 3.26. The summed E-state index contributed by atoms with van der Waals surface area (Å²) in [7, 11) is 0. The van der Waals surface area contributed by atoms with Crippen molar-refractivity contribution in [2.24, 2.45) is 5.84 Å². The lowest BCUT2D eigenvalue weighted by atomic mass is 10.2. The number of hydrogen-bond acceptors (Lipinski definition) is 3. The highest BCUT2D eigenvalue weighted by atomic mass is 16.3. The molecule has 0 amide bonds. The van der Waals surface area contributed by atoms with Crippen LogP contribution in [0.4, 0.5) is 0 Å². The van der Waals surface area contributed by atoms with Gasteiger partial charge in [0.25, 0.3) is 0 Å². The summed E-state index contributed by atoms with van der Waals surface area (Å²) in [6.07, 6.45) is 1.67. The maximum atomic E-state index is 5.22. The Morgan fingerprint density at radius 3 is 2.80 bits per heavy atom. The molecular formula is C7H12N2O. The summed E-state index contributed by atoms with van der Waals surface area (Å²) in [4.78, 5) is 0. The molecule has 1 atom stereocenters. The molecule has 0 aromatic carbocycles. The van der Waals surface area contributed by atoms with Gasteiger partial charge < -0.3 is 4.42 Å². The zero-order chi connectivity index (χ0) is 7.56. The van der Waals surface area contributed by atoms with E-state index >= 15 is 0 Å². The van der Waals surface area contributed by atoms with Gasteiger partial charge in [-0.2, -0.15) is 0 Å². The smallest absolute Gasteiger partial charge is 0.124 e. The lowest BCUT2D eigenvalue weighted by Gasteiger charge is -2.06. The summed E-state index contributed by atoms with van der Waals surface area (Å²) < 4.78 is 5.17. The second-order valence-electron chi connectivity index (χ2n) is 2.36. The van der Waals surface area contributed by atoms with E-state index in [0.29, 0.717) is 0 Å². The predicted octanol–water partition coefficient (Wildman–Crippen LogP) is 1.11. The van der Waals surface area contributed by atoms with Crippen LogP contribution in [0.5, 0.6) is 0 Å². The number of aryl methyl sites for hydroxylation is 1. The zero-order valence-corrected chi connectivity index (χ0v) is 6.22. The van der Waals surface area contributed by atoms with Crippen molar-refractivity contribution in [1.82, 2.24) is 5.43 Å². The van der Waals surface area contributed by atoms with Crippen LogP contribution < -0.4 is 11.3 Å². The van der Waals surface area contributed by atoms with Crippen molar-refractivity contribution in [2.45, 2.75) is 19.9 Å². The Balaban J connectivity index is 2.82. The van der Waals surface area contributed by atoms with Crippen LogP contribution in [-0.4, -0.2) is 0 Å². The molecule has 56 valence electrons. The number of nitrogens with one attached hydrogen (secondary N) is 1. The Labute approximate surface area is 60.2 Å². The summed E-state index contributed by atoms with van der Waals surface area (Å²) in [5, 5.41) is 0. The molecule has 0 aliphatic carbocycles. The van der Waals surface area contributed by atoms with Crippen molar-refractivity contribution in [3.63, 3.8) is 0 Å². The Morgan fingerprint density at radius 2 is 2.40 bits per heavy atom. The van der Waals surface area contributed by atoms with Crippen LogP contribution in [0.15, 0.2) is 16.7 Å². The molecule has 3 nitrogen and oxygen atoms in total. The molecule has 0 radical (unpaired) electrons. The van der Waals surface area contributed by atoms with Crippen LogP contribution in [0.25, 0.3) is 0 Å². The molecule has 10 heavy (non-hydrogen) atoms. The first-order chi connectivity index (χ1) is 4.75. The average Bonchev–Trinajstić information content (AvgIpc) is 2.34. The van der Waals surface area contributed by atoms with Gasteiger partial charge in [-0.05, 0) is 25.5 Å². The van der Waals surface area contributed by atoms with Gasteiger partial charge in [-0.3, -0.25) is 11.3 Å². The standard InChI is InChI=1S/C7H12N2O/c1-5-3-4-10-7(5)6(2)9-8/h3-4,6,9H,8H2,1-2H3. The van der Waals surface area contributed by atoms with Crippen molar-refractivity contribution < 1.29 is 4.42 Å². The van der Waals surface area contributed by atoms with Crippen LogP contribution in [0.3, 0.4) is 0 Å². The summed E-state index contributed by atoms with van der Waals surface area (Å²) in [5.41, 5.74) is 3.74. The van der Waals surface area contributed by atoms with Crippen LogP contribution >= 0.6 is 0 Å². The maximum absolute atomic E-state index is 5.22. The predicted molar refractivity (Wildman–Crippen MR) is 39.2 cm³/mol. The molecule has 0 saturated carbocycles. The molecule has 1 aromatic rings. The van der Waals surface area contributed by atoms with E-state index in [9.17, 15) is 0 Å². The highest BCUT2D eigenvalue weighted by Gasteiger charge is 2.08. The molecule has 0 saturated heterocycles. The molecule has 1 rings (SSSR count). The van der Waals surface area contributed by atoms with Crippen molar-refractivity contribution >= 4 is 0 Å². The minimum absolute atomic E-state index is 0.0926. The third-order valence-corrected chi connectivity index (χ3v) is 1.54. The van der Waals surface area contributed by atoms with E-state index in [1.54, 1.807) is 6.26 Å². The molecule has 0 aliphatic rings. The highest BCUT2D eigenvalue weighted by molar-refractivity contribution is 5.17. The van der Waals surface area contributed by atoms with Crippen LogP contribution in [0, 0.1) is 6.92 Å². The summed E-state index contributed by atoms with van der Waals surface area (Å²) >= 11 is 0. The SMILES string of the molecule is Cc1ccoc1C(C)NN. The minimum atomic E-state index is 0.0926. The second-order valence-corrected chi connectivity index (χ2v) is 2.36. The number of rotatable bonds is 2. The summed E-state index contributed by atoms with van der Waals surface area (Å²) in [6, 6.07) is 2.01. The average molecular weight is 140 g/mol. The third kappa shape index (κ3) is 1.20. The molecule has 3 heteroatoms. The van der Waals surface area contributed by atoms with E-state index in [1.165, 1.54) is 0 Å². The fourth-order valence-corrected chi connectivity index (χ4v) is 0.904. The number of furan rings is 1. The largest absolute Gasteiger partial charge is 0.467 e. The molecule has 1 heterocycles. The van der Waals surface area contributed by atoms with E-state index in [-0.39, 0.29) is 6.04 Å². The second kappa shape index (κ2) is 2.86. The first kappa shape index (κ1) is 7.31. The van der Waals surface area contributed by atoms with Gasteiger partial charge in [0.1, 0.15) is 5.76 Å². The first-order valence-corrected chi connectivity index (χ1v) is 3.26. The molecular weight excluding hydrogens is 128 g/mol. The van der Waals surface area contributed by atoms with Gasteiger partial charge >= 0.3 is 0 Å². The highest BCUT2D eigenvalue weighted by Crippen LogP contribution is 2.16. The molecule has 0 bridgehead atoms. The van der Waals surface area contributed by atoms with Crippen molar-refractivity contribution in [3.05, 3.63) is 23.7 Å². The zero-order valence-electron chi connectivity index (χ0n) is 6.22. The molecule has 1 unspecified atom stereocenters.